The van der Waals surface area contributed by atoms with Gasteiger partial charge in [0.2, 0.25) is 17.6 Å². The van der Waals surface area contributed by atoms with Gasteiger partial charge in [-0.3, -0.25) is 9.59 Å². The number of benzene rings is 2. The molecule has 9 heteroatoms. The van der Waals surface area contributed by atoms with Gasteiger partial charge in [0.25, 0.3) is 0 Å². The van der Waals surface area contributed by atoms with Gasteiger partial charge in [-0.15, -0.1) is 0 Å². The molecular formula is C27H30N2O7. The predicted octanol–water partition coefficient (Wildman–Crippen LogP) is 3.20. The minimum atomic E-state index is -0.806. The largest absolute Gasteiger partial charge is 0.497 e. The summed E-state index contributed by atoms with van der Waals surface area (Å²) in [6.07, 6.45) is 3.38. The number of nitrogens with one attached hydrogen (secondary N) is 1. The van der Waals surface area contributed by atoms with Gasteiger partial charge in [-0.2, -0.15) is 0 Å². The van der Waals surface area contributed by atoms with Crippen molar-refractivity contribution in [1.29, 1.82) is 0 Å². The van der Waals surface area contributed by atoms with Crippen LogP contribution in [0.15, 0.2) is 48.6 Å². The van der Waals surface area contributed by atoms with Gasteiger partial charge in [-0.1, -0.05) is 24.3 Å². The molecule has 2 amide bonds. The summed E-state index contributed by atoms with van der Waals surface area (Å²) in [4.78, 5) is 29.1. The second-order valence-electron chi connectivity index (χ2n) is 9.22. The zero-order chi connectivity index (χ0) is 25.6. The molecule has 0 aromatic heterocycles. The number of carbonyl (C=O) groups is 2. The van der Waals surface area contributed by atoms with Gasteiger partial charge >= 0.3 is 0 Å². The molecule has 0 saturated carbocycles. The molecule has 3 aliphatic rings. The van der Waals surface area contributed by atoms with E-state index in [2.05, 4.69) is 5.32 Å². The van der Waals surface area contributed by atoms with Crippen molar-refractivity contribution in [3.05, 3.63) is 54.1 Å². The lowest BCUT2D eigenvalue weighted by molar-refractivity contribution is -0.137. The lowest BCUT2D eigenvalue weighted by atomic mass is 9.76. The smallest absolute Gasteiger partial charge is 0.231 e. The highest BCUT2D eigenvalue weighted by molar-refractivity contribution is 5.99. The number of hydrogen-bond acceptors (Lipinski definition) is 7. The van der Waals surface area contributed by atoms with E-state index in [0.717, 1.165) is 11.3 Å². The fraction of sp³-hybridized carbons (Fsp3) is 0.407. The lowest BCUT2D eigenvalue weighted by Crippen LogP contribution is -2.41. The van der Waals surface area contributed by atoms with E-state index >= 15 is 0 Å². The highest BCUT2D eigenvalue weighted by atomic mass is 16.5. The van der Waals surface area contributed by atoms with E-state index in [1.54, 1.807) is 24.1 Å². The Bertz CT molecular complexity index is 1190. The number of nitrogens with zero attached hydrogens (tertiary/aromatic N) is 1. The topological polar surface area (TPSA) is 95.6 Å². The van der Waals surface area contributed by atoms with Crippen molar-refractivity contribution in [2.75, 3.05) is 40.3 Å². The van der Waals surface area contributed by atoms with Crippen molar-refractivity contribution in [1.82, 2.24) is 4.90 Å². The third-order valence-electron chi connectivity index (χ3n) is 7.43. The maximum atomic E-state index is 13.7. The van der Waals surface area contributed by atoms with Gasteiger partial charge < -0.3 is 33.9 Å². The number of fused-ring (bicyclic) bond motifs is 1. The van der Waals surface area contributed by atoms with Crippen LogP contribution >= 0.6 is 0 Å². The van der Waals surface area contributed by atoms with E-state index in [9.17, 15) is 9.59 Å². The van der Waals surface area contributed by atoms with Crippen molar-refractivity contribution in [3.63, 3.8) is 0 Å². The Hall–Kier alpha value is -3.72. The minimum absolute atomic E-state index is 0.0878. The summed E-state index contributed by atoms with van der Waals surface area (Å²) in [5, 5.41) is 2.93. The Kier molecular flexibility index (Phi) is 6.04. The maximum Gasteiger partial charge on any atom is 0.231 e. The van der Waals surface area contributed by atoms with Crippen LogP contribution in [0, 0.1) is 11.8 Å². The van der Waals surface area contributed by atoms with Crippen LogP contribution in [-0.2, 0) is 14.3 Å². The molecule has 5 atom stereocenters. The number of carbonyl (C=O) groups excluding carboxylic acids is 2. The molecule has 5 unspecified atom stereocenters. The minimum Gasteiger partial charge on any atom is -0.497 e. The normalized spacial score (nSPS) is 26.5. The van der Waals surface area contributed by atoms with Crippen LogP contribution in [0.5, 0.6) is 23.0 Å². The van der Waals surface area contributed by atoms with Crippen LogP contribution < -0.4 is 24.3 Å². The Morgan fingerprint density at radius 2 is 1.72 bits per heavy atom. The van der Waals surface area contributed by atoms with Crippen molar-refractivity contribution in [2.45, 2.75) is 24.7 Å². The highest BCUT2D eigenvalue weighted by Gasteiger charge is 2.67. The summed E-state index contributed by atoms with van der Waals surface area (Å²) < 4.78 is 27.7. The van der Waals surface area contributed by atoms with E-state index in [-0.39, 0.29) is 17.9 Å². The molecule has 190 valence electrons. The Balaban J connectivity index is 1.39. The van der Waals surface area contributed by atoms with E-state index in [4.69, 9.17) is 23.7 Å². The van der Waals surface area contributed by atoms with Crippen molar-refractivity contribution in [3.8, 4) is 23.0 Å². The van der Waals surface area contributed by atoms with Gasteiger partial charge in [0.1, 0.15) is 11.4 Å². The van der Waals surface area contributed by atoms with Gasteiger partial charge in [-0.05, 0) is 24.6 Å². The molecule has 2 saturated heterocycles. The standard InChI is InChI=1S/C27H30N2O7/c1-15(16-6-8-18(32-2)9-7-16)29-14-27-11-10-19(36-27)22(23(27)26(29)31)25(30)28-17-12-20(33-3)24(35-5)21(13-17)34-4/h6-13,15,19,22-23H,14H2,1-5H3,(H,28,30). The van der Waals surface area contributed by atoms with E-state index in [0.29, 0.717) is 29.5 Å². The zero-order valence-corrected chi connectivity index (χ0v) is 20.9. The van der Waals surface area contributed by atoms with E-state index in [1.807, 2.05) is 43.3 Å². The molecule has 3 aliphatic heterocycles. The molecule has 2 aromatic carbocycles. The second kappa shape index (κ2) is 9.05. The van der Waals surface area contributed by atoms with Crippen molar-refractivity contribution < 1.29 is 33.3 Å². The average molecular weight is 495 g/mol. The number of methoxy groups -OCH3 is 4. The summed E-state index contributed by atoms with van der Waals surface area (Å²) in [5.74, 6) is 0.381. The number of hydrogen-bond donors (Lipinski definition) is 1. The van der Waals surface area contributed by atoms with Crippen LogP contribution in [0.1, 0.15) is 18.5 Å². The number of ether oxygens (including phenoxy) is 5. The van der Waals surface area contributed by atoms with Crippen molar-refractivity contribution >= 4 is 17.5 Å². The molecule has 0 aliphatic carbocycles. The van der Waals surface area contributed by atoms with Crippen LogP contribution in [0.25, 0.3) is 0 Å². The maximum absolute atomic E-state index is 13.7. The molecule has 2 aromatic rings. The summed E-state index contributed by atoms with van der Waals surface area (Å²) >= 11 is 0. The first-order valence-corrected chi connectivity index (χ1v) is 11.8. The van der Waals surface area contributed by atoms with Gasteiger partial charge in [0.05, 0.1) is 59.0 Å². The molecule has 1 N–H and O–H groups in total. The first kappa shape index (κ1) is 24.0. The Morgan fingerprint density at radius 3 is 2.31 bits per heavy atom. The molecule has 2 bridgehead atoms. The first-order chi connectivity index (χ1) is 17.4. The molecule has 9 nitrogen and oxygen atoms in total. The monoisotopic (exact) mass is 494 g/mol. The Morgan fingerprint density at radius 1 is 1.06 bits per heavy atom. The molecular weight excluding hydrogens is 464 g/mol. The molecule has 3 heterocycles. The van der Waals surface area contributed by atoms with Crippen molar-refractivity contribution in [2.24, 2.45) is 11.8 Å². The summed E-state index contributed by atoms with van der Waals surface area (Å²) in [6, 6.07) is 10.8. The third-order valence-corrected chi connectivity index (χ3v) is 7.43. The number of amides is 2. The number of anilines is 1. The predicted molar refractivity (Wildman–Crippen MR) is 132 cm³/mol. The first-order valence-electron chi connectivity index (χ1n) is 11.8. The Labute approximate surface area is 209 Å². The van der Waals surface area contributed by atoms with Crippen LogP contribution in [-0.4, -0.2) is 63.4 Å². The second-order valence-corrected chi connectivity index (χ2v) is 9.22. The van der Waals surface area contributed by atoms with Gasteiger partial charge in [0, 0.05) is 17.8 Å². The quantitative estimate of drug-likeness (QED) is 0.563. The zero-order valence-electron chi connectivity index (χ0n) is 20.9. The SMILES string of the molecule is COc1ccc(C(C)N2CC34C=CC(O3)C(C(=O)Nc3cc(OC)c(OC)c(OC)c3)C4C2=O)cc1. The number of likely N-dealkylation sites (tertiary alicyclic amines) is 1. The average Bonchev–Trinajstić information content (AvgIpc) is 3.55. The fourth-order valence-electron chi connectivity index (χ4n) is 5.60. The number of rotatable bonds is 8. The van der Waals surface area contributed by atoms with E-state index < -0.39 is 23.5 Å². The molecule has 5 rings (SSSR count). The van der Waals surface area contributed by atoms with E-state index in [1.165, 1.54) is 21.3 Å². The van der Waals surface area contributed by atoms with Crippen LogP contribution in [0.3, 0.4) is 0 Å². The highest BCUT2D eigenvalue weighted by Crippen LogP contribution is 2.53. The molecule has 1 spiro atoms. The molecule has 2 fully saturated rings. The third kappa shape index (κ3) is 3.65. The summed E-state index contributed by atoms with van der Waals surface area (Å²) in [7, 11) is 6.15. The van der Waals surface area contributed by atoms with Crippen LogP contribution in [0.2, 0.25) is 0 Å². The van der Waals surface area contributed by atoms with Crippen LogP contribution in [0.4, 0.5) is 5.69 Å². The van der Waals surface area contributed by atoms with Gasteiger partial charge in [-0.25, -0.2) is 0 Å². The lowest BCUT2D eigenvalue weighted by Gasteiger charge is -2.28. The molecule has 36 heavy (non-hydrogen) atoms. The van der Waals surface area contributed by atoms with Gasteiger partial charge in [0.15, 0.2) is 11.5 Å². The fourth-order valence-corrected chi connectivity index (χ4v) is 5.60. The summed E-state index contributed by atoms with van der Waals surface area (Å²) in [6.45, 7) is 2.38. The molecule has 0 radical (unpaired) electrons. The summed E-state index contributed by atoms with van der Waals surface area (Å²) in [5.41, 5.74) is 0.654.